The van der Waals surface area contributed by atoms with Gasteiger partial charge < -0.3 is 9.88 Å². The van der Waals surface area contributed by atoms with E-state index in [0.29, 0.717) is 10.9 Å². The molecule has 0 saturated carbocycles. The van der Waals surface area contributed by atoms with Crippen LogP contribution in [-0.2, 0) is 22.1 Å². The Balaban J connectivity index is 2.49. The van der Waals surface area contributed by atoms with Crippen molar-refractivity contribution in [3.05, 3.63) is 35.5 Å². The van der Waals surface area contributed by atoms with Gasteiger partial charge in [-0.25, -0.2) is 13.1 Å². The van der Waals surface area contributed by atoms with E-state index in [0.717, 1.165) is 4.98 Å². The van der Waals surface area contributed by atoms with Crippen molar-refractivity contribution in [3.63, 3.8) is 0 Å². The second kappa shape index (κ2) is 5.95. The molecule has 2 aromatic rings. The summed E-state index contributed by atoms with van der Waals surface area (Å²) < 4.78 is 77.1. The van der Waals surface area contributed by atoms with Crippen molar-refractivity contribution in [1.29, 1.82) is 0 Å². The fraction of sp³-hybridized carbons (Fsp3) is 0.429. The molecule has 0 fully saturated rings. The van der Waals surface area contributed by atoms with Crippen molar-refractivity contribution < 1.29 is 18.1 Å². The van der Waals surface area contributed by atoms with Gasteiger partial charge in [-0.05, 0) is 50.7 Å². The number of nitrogens with one attached hydrogen (secondary N) is 2. The van der Waals surface area contributed by atoms with E-state index >= 15 is 0 Å². The van der Waals surface area contributed by atoms with Gasteiger partial charge in [0.05, 0.1) is 5.75 Å². The first-order chi connectivity index (χ1) is 12.1. The molecule has 20 heavy (non-hydrogen) atoms. The van der Waals surface area contributed by atoms with Crippen molar-refractivity contribution in [2.45, 2.75) is 12.1 Å². The first-order valence-corrected chi connectivity index (χ1v) is 7.56. The molecule has 0 radical (unpaired) electrons. The normalized spacial score (nSPS) is 19.1. The van der Waals surface area contributed by atoms with E-state index in [1.165, 1.54) is 24.4 Å². The van der Waals surface area contributed by atoms with Crippen LogP contribution in [0.5, 0.6) is 0 Å². The molecular formula is C14H21N3O2S. The van der Waals surface area contributed by atoms with Crippen LogP contribution in [0.1, 0.15) is 18.0 Å². The number of H-pyrrole nitrogens is 1. The third-order valence-electron chi connectivity index (χ3n) is 2.76. The number of rotatable bonds is 6. The Morgan fingerprint density at radius 2 is 2.35 bits per heavy atom. The molecular weight excluding hydrogens is 274 g/mol. The van der Waals surface area contributed by atoms with Crippen LogP contribution < -0.4 is 4.72 Å². The van der Waals surface area contributed by atoms with E-state index in [1.54, 1.807) is 19.0 Å². The summed E-state index contributed by atoms with van der Waals surface area (Å²) in [6.07, 6.45) is -0.447. The molecule has 0 spiro atoms. The van der Waals surface area contributed by atoms with E-state index < -0.39 is 33.8 Å². The van der Waals surface area contributed by atoms with Crippen LogP contribution >= 0.6 is 0 Å². The average Bonchev–Trinajstić information content (AvgIpc) is 2.81. The summed E-state index contributed by atoms with van der Waals surface area (Å²) in [5, 5.41) is 0.370. The van der Waals surface area contributed by atoms with E-state index in [-0.39, 0.29) is 17.7 Å². The number of likely N-dealkylation sites (N-methyl/N-ethyl adjacent to an activating group) is 1. The van der Waals surface area contributed by atoms with Crippen molar-refractivity contribution in [2.24, 2.45) is 0 Å². The number of aromatic amines is 1. The SMILES string of the molecule is [2H]N(C([2H])([2H])[2H])S(=O)(=O)Cc1ccc2c(c1)c(C([2H])([2H])CN(C)C)cn2[2H]. The summed E-state index contributed by atoms with van der Waals surface area (Å²) in [7, 11) is -0.987. The largest absolute Gasteiger partial charge is 0.361 e. The zero-order valence-electron chi connectivity index (χ0n) is 18.3. The minimum absolute atomic E-state index is 0.0637. The number of fused-ring (bicyclic) bond motifs is 1. The molecule has 0 saturated heterocycles. The Bertz CT molecular complexity index is 938. The fourth-order valence-electron chi connectivity index (χ4n) is 1.83. The summed E-state index contributed by atoms with van der Waals surface area (Å²) in [5.74, 6) is -0.718. The highest BCUT2D eigenvalue weighted by molar-refractivity contribution is 7.88. The van der Waals surface area contributed by atoms with Gasteiger partial charge in [0, 0.05) is 30.5 Å². The minimum atomic E-state index is -4.42. The second-order valence-electron chi connectivity index (χ2n) is 4.76. The first-order valence-electron chi connectivity index (χ1n) is 9.35. The molecule has 0 bridgehead atoms. The monoisotopic (exact) mass is 302 g/mol. The summed E-state index contributed by atoms with van der Waals surface area (Å²) in [6, 6.07) is 4.32. The van der Waals surface area contributed by atoms with Crippen molar-refractivity contribution in [3.8, 4) is 0 Å². The maximum Gasteiger partial charge on any atom is 0.215 e. The Morgan fingerprint density at radius 1 is 1.55 bits per heavy atom. The molecule has 2 rings (SSSR count). The lowest BCUT2D eigenvalue weighted by atomic mass is 10.1. The minimum Gasteiger partial charge on any atom is -0.361 e. The smallest absolute Gasteiger partial charge is 0.215 e. The summed E-state index contributed by atoms with van der Waals surface area (Å²) in [5.41, 5.74) is 0.837. The molecule has 0 aliphatic rings. The van der Waals surface area contributed by atoms with Crippen molar-refractivity contribution in [2.75, 3.05) is 27.6 Å². The molecule has 6 heteroatoms. The molecule has 2 N–H and O–H groups in total. The molecule has 1 heterocycles. The van der Waals surface area contributed by atoms with Crippen LogP contribution in [0, 0.1) is 0 Å². The van der Waals surface area contributed by atoms with Crippen LogP contribution in [0.2, 0.25) is 2.82 Å². The molecule has 1 aromatic carbocycles. The summed E-state index contributed by atoms with van der Waals surface area (Å²) in [6.45, 7) is -3.05. The zero-order valence-corrected chi connectivity index (χ0v) is 12.1. The van der Waals surface area contributed by atoms with Crippen LogP contribution in [0.25, 0.3) is 10.9 Å². The number of hydrogen-bond acceptors (Lipinski definition) is 3. The van der Waals surface area contributed by atoms with Gasteiger partial charge in [0.1, 0.15) is 1.41 Å². The predicted molar refractivity (Wildman–Crippen MR) is 82.2 cm³/mol. The van der Waals surface area contributed by atoms with E-state index in [2.05, 4.69) is 0 Å². The highest BCUT2D eigenvalue weighted by atomic mass is 32.2. The van der Waals surface area contributed by atoms with Gasteiger partial charge in [-0.1, -0.05) is 6.07 Å². The number of benzene rings is 1. The maximum atomic E-state index is 12.2. The number of aromatic nitrogens is 1. The van der Waals surface area contributed by atoms with Gasteiger partial charge in [-0.15, -0.1) is 0 Å². The summed E-state index contributed by atoms with van der Waals surface area (Å²) >= 11 is 0. The molecule has 0 aliphatic heterocycles. The third-order valence-corrected chi connectivity index (χ3v) is 3.73. The molecule has 0 atom stereocenters. The van der Waals surface area contributed by atoms with Crippen LogP contribution in [0.15, 0.2) is 24.4 Å². The molecule has 0 unspecified atom stereocenters. The highest BCUT2D eigenvalue weighted by Crippen LogP contribution is 2.21. The number of nitrogens with zero attached hydrogens (tertiary/aromatic N) is 1. The predicted octanol–water partition coefficient (Wildman–Crippen LogP) is 1.32. The van der Waals surface area contributed by atoms with Crippen LogP contribution in [0.3, 0.4) is 0 Å². The quantitative estimate of drug-likeness (QED) is 0.846. The Hall–Kier alpha value is -1.37. The van der Waals surface area contributed by atoms with E-state index in [1.807, 2.05) is 0 Å². The van der Waals surface area contributed by atoms with Crippen LogP contribution in [0.4, 0.5) is 0 Å². The Labute approximate surface area is 130 Å². The first kappa shape index (κ1) is 8.17. The van der Waals surface area contributed by atoms with Crippen LogP contribution in [-0.4, -0.2) is 45.9 Å². The van der Waals surface area contributed by atoms with Crippen molar-refractivity contribution in [1.82, 2.24) is 14.6 Å². The van der Waals surface area contributed by atoms with Gasteiger partial charge in [-0.3, -0.25) is 0 Å². The number of sulfonamides is 1. The highest BCUT2D eigenvalue weighted by Gasteiger charge is 2.11. The van der Waals surface area contributed by atoms with Crippen molar-refractivity contribution >= 4 is 20.9 Å². The van der Waals surface area contributed by atoms with Gasteiger partial charge in [0.2, 0.25) is 10.0 Å². The Kier molecular flexibility index (Phi) is 2.43. The lowest BCUT2D eigenvalue weighted by Gasteiger charge is -2.08. The van der Waals surface area contributed by atoms with Gasteiger partial charge >= 0.3 is 0 Å². The van der Waals surface area contributed by atoms with Gasteiger partial charge in [0.25, 0.3) is 0 Å². The molecule has 1 aromatic heterocycles. The number of hydrogen-bond donors (Lipinski definition) is 2. The fourth-order valence-corrected chi connectivity index (χ4v) is 2.50. The average molecular weight is 302 g/mol. The van der Waals surface area contributed by atoms with E-state index in [9.17, 15) is 8.42 Å². The lowest BCUT2D eigenvalue weighted by Crippen LogP contribution is -2.20. The van der Waals surface area contributed by atoms with Gasteiger partial charge in [-0.2, -0.15) is 0 Å². The molecule has 110 valence electrons. The Morgan fingerprint density at radius 3 is 3.05 bits per heavy atom. The molecule has 0 aliphatic carbocycles. The molecule has 5 nitrogen and oxygen atoms in total. The standard InChI is InChI=1S/C14H21N3O2S/c1-15-20(18,19)10-11-4-5-14-13(8-11)12(9-16-14)6-7-17(2)3/h4-5,8-9,15-16H,6-7,10H2,1-3H3/i1D3,6D2/hD2. The van der Waals surface area contributed by atoms with Gasteiger partial charge in [0.15, 0.2) is 1.41 Å². The topological polar surface area (TPSA) is 65.2 Å². The second-order valence-corrected chi connectivity index (χ2v) is 6.39. The maximum absolute atomic E-state index is 12.2. The molecule has 0 amide bonds. The lowest BCUT2D eigenvalue weighted by molar-refractivity contribution is 0.414. The zero-order chi connectivity index (χ0) is 20.8. The summed E-state index contributed by atoms with van der Waals surface area (Å²) in [4.78, 5) is 2.67. The van der Waals surface area contributed by atoms with E-state index in [4.69, 9.17) is 9.68 Å². The third kappa shape index (κ3) is 3.59.